The number of carbonyl (C=O) groups excluding carboxylic acids is 1. The zero-order valence-electron chi connectivity index (χ0n) is 8.78. The average molecular weight is 210 g/mol. The maximum atomic E-state index is 11.6. The third-order valence-electron chi connectivity index (χ3n) is 2.66. The third kappa shape index (κ3) is 1.85. The van der Waals surface area contributed by atoms with Crippen molar-refractivity contribution in [2.45, 2.75) is 12.8 Å². The lowest BCUT2D eigenvalue weighted by molar-refractivity contribution is -0.124. The van der Waals surface area contributed by atoms with Gasteiger partial charge in [0.1, 0.15) is 0 Å². The van der Waals surface area contributed by atoms with Gasteiger partial charge in [0, 0.05) is 20.1 Å². The second-order valence-corrected chi connectivity index (χ2v) is 3.67. The van der Waals surface area contributed by atoms with Crippen molar-refractivity contribution in [1.29, 1.82) is 0 Å². The second kappa shape index (κ2) is 3.98. The molecule has 6 nitrogen and oxygen atoms in total. The quantitative estimate of drug-likeness (QED) is 0.683. The summed E-state index contributed by atoms with van der Waals surface area (Å²) in [4.78, 5) is 15.7. The van der Waals surface area contributed by atoms with Crippen LogP contribution in [0.2, 0.25) is 0 Å². The van der Waals surface area contributed by atoms with Crippen LogP contribution < -0.4 is 10.6 Å². The number of nitrogens with one attached hydrogen (secondary N) is 2. The zero-order chi connectivity index (χ0) is 10.8. The van der Waals surface area contributed by atoms with Crippen molar-refractivity contribution in [2.24, 2.45) is 5.92 Å². The molecule has 1 saturated heterocycles. The minimum absolute atomic E-state index is 0.00819. The summed E-state index contributed by atoms with van der Waals surface area (Å²) in [5.74, 6) is 1.04. The Morgan fingerprint density at radius 3 is 3.00 bits per heavy atom. The third-order valence-corrected chi connectivity index (χ3v) is 2.66. The molecule has 2 heterocycles. The largest absolute Gasteiger partial charge is 0.359 e. The molecule has 1 amide bonds. The highest BCUT2D eigenvalue weighted by atomic mass is 16.5. The Labute approximate surface area is 87.4 Å². The van der Waals surface area contributed by atoms with Crippen molar-refractivity contribution in [3.05, 3.63) is 11.7 Å². The standard InChI is InChI=1S/C9H14N4O2/c1-5-12-9(15-13-5)7-4-11-3-6(7)8(14)10-2/h6-7,11H,3-4H2,1-2H3,(H,10,14). The van der Waals surface area contributed by atoms with Gasteiger partial charge in [0.2, 0.25) is 11.8 Å². The molecule has 1 aromatic rings. The van der Waals surface area contributed by atoms with Crippen LogP contribution in [0.5, 0.6) is 0 Å². The highest BCUT2D eigenvalue weighted by molar-refractivity contribution is 5.79. The predicted octanol–water partition coefficient (Wildman–Crippen LogP) is -0.573. The van der Waals surface area contributed by atoms with Crippen LogP contribution in [0.3, 0.4) is 0 Å². The molecular formula is C9H14N4O2. The summed E-state index contributed by atoms with van der Waals surface area (Å²) in [6, 6.07) is 0. The molecule has 0 saturated carbocycles. The van der Waals surface area contributed by atoms with E-state index < -0.39 is 0 Å². The van der Waals surface area contributed by atoms with Crippen molar-refractivity contribution >= 4 is 5.91 Å². The highest BCUT2D eigenvalue weighted by Gasteiger charge is 2.36. The van der Waals surface area contributed by atoms with Crippen molar-refractivity contribution in [2.75, 3.05) is 20.1 Å². The van der Waals surface area contributed by atoms with E-state index in [1.165, 1.54) is 0 Å². The van der Waals surface area contributed by atoms with E-state index in [1.807, 2.05) is 0 Å². The van der Waals surface area contributed by atoms with Crippen molar-refractivity contribution in [3.63, 3.8) is 0 Å². The predicted molar refractivity (Wildman–Crippen MR) is 52.2 cm³/mol. The Hall–Kier alpha value is -1.43. The van der Waals surface area contributed by atoms with Gasteiger partial charge in [-0.15, -0.1) is 0 Å². The maximum absolute atomic E-state index is 11.6. The highest BCUT2D eigenvalue weighted by Crippen LogP contribution is 2.26. The molecule has 0 bridgehead atoms. The monoisotopic (exact) mass is 210 g/mol. The molecular weight excluding hydrogens is 196 g/mol. The van der Waals surface area contributed by atoms with E-state index in [1.54, 1.807) is 14.0 Å². The molecule has 1 fully saturated rings. The molecule has 0 aromatic carbocycles. The molecule has 0 aliphatic carbocycles. The number of hydrogen-bond acceptors (Lipinski definition) is 5. The van der Waals surface area contributed by atoms with Crippen molar-refractivity contribution in [1.82, 2.24) is 20.8 Å². The maximum Gasteiger partial charge on any atom is 0.231 e. The lowest BCUT2D eigenvalue weighted by atomic mass is 9.95. The van der Waals surface area contributed by atoms with Crippen LogP contribution in [-0.4, -0.2) is 36.2 Å². The van der Waals surface area contributed by atoms with Crippen LogP contribution in [-0.2, 0) is 4.79 Å². The number of amides is 1. The number of carbonyl (C=O) groups is 1. The lowest BCUT2D eigenvalue weighted by Gasteiger charge is -2.12. The van der Waals surface area contributed by atoms with E-state index in [0.29, 0.717) is 24.8 Å². The van der Waals surface area contributed by atoms with Gasteiger partial charge in [-0.05, 0) is 6.92 Å². The first-order valence-electron chi connectivity index (χ1n) is 4.95. The number of aryl methyl sites for hydroxylation is 1. The molecule has 1 aliphatic rings. The summed E-state index contributed by atoms with van der Waals surface area (Å²) in [7, 11) is 1.64. The van der Waals surface area contributed by atoms with Gasteiger partial charge in [0.25, 0.3) is 0 Å². The first-order chi connectivity index (χ1) is 7.22. The van der Waals surface area contributed by atoms with E-state index in [-0.39, 0.29) is 17.7 Å². The average Bonchev–Trinajstić information content (AvgIpc) is 2.84. The molecule has 2 N–H and O–H groups in total. The van der Waals surface area contributed by atoms with Gasteiger partial charge in [-0.1, -0.05) is 5.16 Å². The smallest absolute Gasteiger partial charge is 0.231 e. The van der Waals surface area contributed by atoms with Gasteiger partial charge in [0.15, 0.2) is 5.82 Å². The van der Waals surface area contributed by atoms with E-state index in [0.717, 1.165) is 0 Å². The van der Waals surface area contributed by atoms with Gasteiger partial charge in [-0.3, -0.25) is 4.79 Å². The minimum atomic E-state index is -0.116. The molecule has 15 heavy (non-hydrogen) atoms. The molecule has 6 heteroatoms. The zero-order valence-corrected chi connectivity index (χ0v) is 8.78. The fourth-order valence-electron chi connectivity index (χ4n) is 1.86. The van der Waals surface area contributed by atoms with Crippen LogP contribution in [0.4, 0.5) is 0 Å². The minimum Gasteiger partial charge on any atom is -0.359 e. The van der Waals surface area contributed by atoms with Crippen LogP contribution in [0, 0.1) is 12.8 Å². The Bertz CT molecular complexity index is 363. The fraction of sp³-hybridized carbons (Fsp3) is 0.667. The van der Waals surface area contributed by atoms with E-state index in [4.69, 9.17) is 4.52 Å². The fourth-order valence-corrected chi connectivity index (χ4v) is 1.86. The summed E-state index contributed by atoms with van der Waals surface area (Å²) in [5.41, 5.74) is 0. The van der Waals surface area contributed by atoms with Crippen LogP contribution in [0.25, 0.3) is 0 Å². The summed E-state index contributed by atoms with van der Waals surface area (Å²) < 4.78 is 5.09. The molecule has 0 spiro atoms. The second-order valence-electron chi connectivity index (χ2n) is 3.67. The molecule has 2 rings (SSSR count). The Morgan fingerprint density at radius 1 is 1.60 bits per heavy atom. The number of nitrogens with zero attached hydrogens (tertiary/aromatic N) is 2. The summed E-state index contributed by atoms with van der Waals surface area (Å²) in [5, 5.41) is 9.54. The topological polar surface area (TPSA) is 80.0 Å². The Morgan fingerprint density at radius 2 is 2.40 bits per heavy atom. The summed E-state index contributed by atoms with van der Waals surface area (Å²) in [6.45, 7) is 3.13. The summed E-state index contributed by atoms with van der Waals surface area (Å²) >= 11 is 0. The van der Waals surface area contributed by atoms with Gasteiger partial charge >= 0.3 is 0 Å². The van der Waals surface area contributed by atoms with Gasteiger partial charge in [-0.25, -0.2) is 0 Å². The summed E-state index contributed by atoms with van der Waals surface area (Å²) in [6.07, 6.45) is 0. The number of hydrogen-bond donors (Lipinski definition) is 2. The molecule has 0 radical (unpaired) electrons. The molecule has 82 valence electrons. The van der Waals surface area contributed by atoms with Crippen LogP contribution in [0.1, 0.15) is 17.6 Å². The van der Waals surface area contributed by atoms with Gasteiger partial charge in [-0.2, -0.15) is 4.98 Å². The van der Waals surface area contributed by atoms with E-state index >= 15 is 0 Å². The van der Waals surface area contributed by atoms with Crippen molar-refractivity contribution < 1.29 is 9.32 Å². The van der Waals surface area contributed by atoms with Gasteiger partial charge in [0.05, 0.1) is 11.8 Å². The van der Waals surface area contributed by atoms with Crippen molar-refractivity contribution in [3.8, 4) is 0 Å². The normalized spacial score (nSPS) is 25.5. The van der Waals surface area contributed by atoms with Crippen LogP contribution >= 0.6 is 0 Å². The first-order valence-corrected chi connectivity index (χ1v) is 4.95. The van der Waals surface area contributed by atoms with E-state index in [9.17, 15) is 4.79 Å². The first kappa shape index (κ1) is 10.1. The van der Waals surface area contributed by atoms with Gasteiger partial charge < -0.3 is 15.2 Å². The molecule has 1 aliphatic heterocycles. The Balaban J connectivity index is 2.18. The molecule has 1 aromatic heterocycles. The number of aromatic nitrogens is 2. The van der Waals surface area contributed by atoms with E-state index in [2.05, 4.69) is 20.8 Å². The molecule has 2 atom stereocenters. The van der Waals surface area contributed by atoms with Crippen LogP contribution in [0.15, 0.2) is 4.52 Å². The number of rotatable bonds is 2. The SMILES string of the molecule is CNC(=O)C1CNCC1c1nc(C)no1. The molecule has 2 unspecified atom stereocenters. The lowest BCUT2D eigenvalue weighted by Crippen LogP contribution is -2.31. The Kier molecular flexibility index (Phi) is 2.68.